The maximum atomic E-state index is 12.4. The van der Waals surface area contributed by atoms with E-state index in [1.807, 2.05) is 63.4 Å². The van der Waals surface area contributed by atoms with E-state index in [1.165, 1.54) is 38.5 Å². The highest BCUT2D eigenvalue weighted by molar-refractivity contribution is 5.98. The van der Waals surface area contributed by atoms with Gasteiger partial charge in [0.2, 0.25) is 0 Å². The summed E-state index contributed by atoms with van der Waals surface area (Å²) in [6.07, 6.45) is 11.5. The van der Waals surface area contributed by atoms with E-state index >= 15 is 0 Å². The number of benzene rings is 1. The highest BCUT2D eigenvalue weighted by atomic mass is 16.5. The van der Waals surface area contributed by atoms with Crippen molar-refractivity contribution in [3.63, 3.8) is 0 Å². The Morgan fingerprint density at radius 1 is 0.930 bits per heavy atom. The van der Waals surface area contributed by atoms with E-state index in [-0.39, 0.29) is 5.78 Å². The summed E-state index contributed by atoms with van der Waals surface area (Å²) in [5.74, 6) is 2.36. The molecule has 1 atom stereocenters. The molecule has 8 nitrogen and oxygen atoms in total. The van der Waals surface area contributed by atoms with Gasteiger partial charge in [-0.05, 0) is 18.4 Å². The first kappa shape index (κ1) is 34.0. The van der Waals surface area contributed by atoms with Crippen molar-refractivity contribution >= 4 is 22.7 Å². The van der Waals surface area contributed by atoms with E-state index in [0.29, 0.717) is 61.4 Å². The number of rotatable bonds is 12. The number of hydrogen-bond acceptors (Lipinski definition) is 7. The summed E-state index contributed by atoms with van der Waals surface area (Å²) in [4.78, 5) is 24.0. The van der Waals surface area contributed by atoms with Crippen LogP contribution in [0.5, 0.6) is 0 Å². The van der Waals surface area contributed by atoms with E-state index in [9.17, 15) is 4.79 Å². The van der Waals surface area contributed by atoms with Crippen LogP contribution >= 0.6 is 0 Å². The second-order valence-electron chi connectivity index (χ2n) is 10.8. The molecule has 1 saturated heterocycles. The zero-order valence-corrected chi connectivity index (χ0v) is 27.1. The molecule has 0 bridgehead atoms. The Morgan fingerprint density at radius 3 is 2.35 bits per heavy atom. The number of unbranched alkanes of at least 4 members (excludes halogenated alkanes) is 2. The van der Waals surface area contributed by atoms with Crippen LogP contribution in [0.3, 0.4) is 0 Å². The molecule has 8 heteroatoms. The first-order valence-electron chi connectivity index (χ1n) is 16.3. The molecule has 0 N–H and O–H groups in total. The van der Waals surface area contributed by atoms with Gasteiger partial charge in [-0.2, -0.15) is 10.1 Å². The highest BCUT2D eigenvalue weighted by Crippen LogP contribution is 2.29. The molecule has 43 heavy (non-hydrogen) atoms. The normalized spacial score (nSPS) is 13.6. The largest absolute Gasteiger partial charge is 0.447 e. The van der Waals surface area contributed by atoms with Gasteiger partial charge in [-0.15, -0.1) is 0 Å². The monoisotopic (exact) mass is 589 g/mol. The van der Waals surface area contributed by atoms with Gasteiger partial charge < -0.3 is 14.1 Å². The van der Waals surface area contributed by atoms with Gasteiger partial charge in [0, 0.05) is 37.3 Å². The fraction of sp³-hybridized carbons (Fsp3) is 0.543. The molecule has 0 spiro atoms. The number of aromatic nitrogens is 4. The lowest BCUT2D eigenvalue weighted by atomic mass is 9.99. The summed E-state index contributed by atoms with van der Waals surface area (Å²) in [6, 6.07) is 13.6. The van der Waals surface area contributed by atoms with Crippen LogP contribution in [0.1, 0.15) is 103 Å². The van der Waals surface area contributed by atoms with Crippen molar-refractivity contribution in [2.75, 3.05) is 31.2 Å². The van der Waals surface area contributed by atoms with Gasteiger partial charge in [-0.3, -0.25) is 4.79 Å². The minimum atomic E-state index is -0.0274. The molecule has 4 aromatic rings. The number of nitrogens with zero attached hydrogens (tertiary/aromatic N) is 5. The first-order chi connectivity index (χ1) is 21.0. The second-order valence-corrected chi connectivity index (χ2v) is 10.8. The molecule has 0 aliphatic carbocycles. The molecule has 0 amide bonds. The van der Waals surface area contributed by atoms with Gasteiger partial charge in [-0.25, -0.2) is 9.67 Å². The molecule has 1 aliphatic heterocycles. The average Bonchev–Trinajstić information content (AvgIpc) is 3.72. The van der Waals surface area contributed by atoms with Gasteiger partial charge in [0.25, 0.3) is 5.95 Å². The Kier molecular flexibility index (Phi) is 14.4. The SMILES string of the molecule is CC.CCCC(=O)c1cc2nc(-n3ccc(-c4ccccc4)n3)nc(N3CCOCC3)c2o1.CCCCCC(C)CCC. The predicted octanol–water partition coefficient (Wildman–Crippen LogP) is 8.92. The molecular formula is C35H51N5O3. The summed E-state index contributed by atoms with van der Waals surface area (Å²) in [5.41, 5.74) is 2.98. The lowest BCUT2D eigenvalue weighted by Gasteiger charge is -2.27. The van der Waals surface area contributed by atoms with Crippen LogP contribution in [0.4, 0.5) is 5.82 Å². The van der Waals surface area contributed by atoms with Crippen molar-refractivity contribution in [2.24, 2.45) is 5.92 Å². The molecule has 3 aromatic heterocycles. The molecule has 0 saturated carbocycles. The molecular weight excluding hydrogens is 538 g/mol. The predicted molar refractivity (Wildman–Crippen MR) is 176 cm³/mol. The first-order valence-corrected chi connectivity index (χ1v) is 16.3. The number of furan rings is 1. The van der Waals surface area contributed by atoms with E-state index in [0.717, 1.165) is 23.6 Å². The number of carbonyl (C=O) groups excluding carboxylic acids is 1. The Balaban J connectivity index is 0.000000362. The van der Waals surface area contributed by atoms with Crippen molar-refractivity contribution in [3.8, 4) is 17.2 Å². The molecule has 1 unspecified atom stereocenters. The molecule has 4 heterocycles. The number of Topliss-reactive ketones (excluding diaryl/α,β-unsaturated/α-hetero) is 1. The highest BCUT2D eigenvalue weighted by Gasteiger charge is 2.23. The molecule has 1 fully saturated rings. The maximum Gasteiger partial charge on any atom is 0.253 e. The standard InChI is InChI=1S/C23H23N5O3.C10H22.C2H6/c1-2-6-19(29)20-15-18-21(31-20)22(27-11-13-30-14-12-27)25-23(24-18)28-10-9-17(26-28)16-7-4-3-5-8-16;1-4-6-7-9-10(3)8-5-2;1-2/h3-5,7-10,15H,2,6,11-14H2,1H3;10H,4-9H2,1-3H3;1-2H3. The van der Waals surface area contributed by atoms with Crippen molar-refractivity contribution in [1.82, 2.24) is 19.7 Å². The van der Waals surface area contributed by atoms with Crippen LogP contribution in [0.15, 0.2) is 53.1 Å². The molecule has 1 aromatic carbocycles. The third-order valence-corrected chi connectivity index (χ3v) is 7.35. The van der Waals surface area contributed by atoms with E-state index in [1.54, 1.807) is 10.7 Å². The quantitative estimate of drug-likeness (QED) is 0.120. The zero-order chi connectivity index (χ0) is 31.0. The number of morpholine rings is 1. The number of fused-ring (bicyclic) bond motifs is 1. The number of anilines is 1. The summed E-state index contributed by atoms with van der Waals surface area (Å²) in [7, 11) is 0. The van der Waals surface area contributed by atoms with Crippen molar-refractivity contribution < 1.29 is 13.9 Å². The Hall–Kier alpha value is -3.52. The van der Waals surface area contributed by atoms with Crippen LogP contribution in [0, 0.1) is 5.92 Å². The van der Waals surface area contributed by atoms with Crippen LogP contribution in [0.2, 0.25) is 0 Å². The zero-order valence-electron chi connectivity index (χ0n) is 27.1. The third kappa shape index (κ3) is 9.75. The van der Waals surface area contributed by atoms with E-state index in [4.69, 9.17) is 14.1 Å². The van der Waals surface area contributed by atoms with Gasteiger partial charge >= 0.3 is 0 Å². The van der Waals surface area contributed by atoms with E-state index in [2.05, 4.69) is 35.8 Å². The van der Waals surface area contributed by atoms with Crippen LogP contribution in [-0.2, 0) is 4.74 Å². The number of ketones is 1. The summed E-state index contributed by atoms with van der Waals surface area (Å²) < 4.78 is 13.1. The average molecular weight is 590 g/mol. The summed E-state index contributed by atoms with van der Waals surface area (Å²) in [6.45, 7) is 15.5. The smallest absolute Gasteiger partial charge is 0.253 e. The lowest BCUT2D eigenvalue weighted by Crippen LogP contribution is -2.37. The third-order valence-electron chi connectivity index (χ3n) is 7.35. The fourth-order valence-corrected chi connectivity index (χ4v) is 5.06. The van der Waals surface area contributed by atoms with Crippen LogP contribution in [-0.4, -0.2) is 51.8 Å². The van der Waals surface area contributed by atoms with E-state index < -0.39 is 0 Å². The minimum absolute atomic E-state index is 0.0274. The Bertz CT molecular complexity index is 1360. The molecule has 0 radical (unpaired) electrons. The lowest BCUT2D eigenvalue weighted by molar-refractivity contribution is 0.0957. The van der Waals surface area contributed by atoms with Gasteiger partial charge in [0.15, 0.2) is 22.9 Å². The van der Waals surface area contributed by atoms with Crippen molar-refractivity contribution in [1.29, 1.82) is 0 Å². The maximum absolute atomic E-state index is 12.4. The number of ether oxygens (including phenoxy) is 1. The van der Waals surface area contributed by atoms with Gasteiger partial charge in [-0.1, -0.05) is 110 Å². The minimum Gasteiger partial charge on any atom is -0.447 e. The van der Waals surface area contributed by atoms with Crippen molar-refractivity contribution in [3.05, 3.63) is 54.4 Å². The number of carbonyl (C=O) groups is 1. The summed E-state index contributed by atoms with van der Waals surface area (Å²) >= 11 is 0. The topological polar surface area (TPSA) is 86.3 Å². The van der Waals surface area contributed by atoms with Crippen LogP contribution in [0.25, 0.3) is 28.3 Å². The van der Waals surface area contributed by atoms with Crippen LogP contribution < -0.4 is 4.90 Å². The molecule has 1 aliphatic rings. The molecule has 234 valence electrons. The van der Waals surface area contributed by atoms with Gasteiger partial charge in [0.1, 0.15) is 5.52 Å². The number of hydrogen-bond donors (Lipinski definition) is 0. The Morgan fingerprint density at radius 2 is 1.67 bits per heavy atom. The van der Waals surface area contributed by atoms with Gasteiger partial charge in [0.05, 0.1) is 18.9 Å². The fourth-order valence-electron chi connectivity index (χ4n) is 5.06. The second kappa shape index (κ2) is 18.2. The van der Waals surface area contributed by atoms with Crippen molar-refractivity contribution in [2.45, 2.75) is 92.9 Å². The Labute approximate surface area is 257 Å². The summed E-state index contributed by atoms with van der Waals surface area (Å²) in [5, 5.41) is 4.67. The molecule has 5 rings (SSSR count).